The summed E-state index contributed by atoms with van der Waals surface area (Å²) in [5, 5.41) is 3.45. The third kappa shape index (κ3) is 5.40. The number of fused-ring (bicyclic) bond motifs is 1. The first-order chi connectivity index (χ1) is 15.0. The Balaban J connectivity index is 1.41. The summed E-state index contributed by atoms with van der Waals surface area (Å²) >= 11 is 5.98. The number of amides is 1. The van der Waals surface area contributed by atoms with Crippen molar-refractivity contribution in [3.05, 3.63) is 98.2 Å². The van der Waals surface area contributed by atoms with Crippen molar-refractivity contribution >= 4 is 17.5 Å². The second-order valence-electron chi connectivity index (χ2n) is 7.96. The lowest BCUT2D eigenvalue weighted by molar-refractivity contribution is -0.121. The molecule has 0 unspecified atom stereocenters. The highest BCUT2D eigenvalue weighted by atomic mass is 35.5. The fraction of sp³-hybridized carbons (Fsp3) is 0.292. The molecule has 0 saturated carbocycles. The molecule has 0 aliphatic carbocycles. The van der Waals surface area contributed by atoms with Crippen LogP contribution in [0.2, 0.25) is 5.02 Å². The molecule has 4 rings (SSSR count). The van der Waals surface area contributed by atoms with Gasteiger partial charge in [0.15, 0.2) is 0 Å². The normalized spacial score (nSPS) is 13.6. The number of aryl methyl sites for hydroxylation is 1. The minimum atomic E-state index is -0.240. The van der Waals surface area contributed by atoms with Crippen LogP contribution >= 0.6 is 11.6 Å². The largest absolute Gasteiger partial charge is 0.350 e. The topological polar surface area (TPSA) is 67.2 Å². The Morgan fingerprint density at radius 2 is 1.97 bits per heavy atom. The third-order valence-electron chi connectivity index (χ3n) is 5.49. The molecule has 6 nitrogen and oxygen atoms in total. The molecule has 0 spiro atoms. The summed E-state index contributed by atoms with van der Waals surface area (Å²) in [4.78, 5) is 32.1. The van der Waals surface area contributed by atoms with E-state index in [4.69, 9.17) is 11.6 Å². The number of nitrogens with one attached hydrogen (secondary N) is 1. The summed E-state index contributed by atoms with van der Waals surface area (Å²) in [5.41, 5.74) is 4.73. The van der Waals surface area contributed by atoms with Crippen molar-refractivity contribution in [3.63, 3.8) is 0 Å². The first-order valence-corrected chi connectivity index (χ1v) is 10.7. The predicted octanol–water partition coefficient (Wildman–Crippen LogP) is 3.08. The van der Waals surface area contributed by atoms with Crippen LogP contribution in [-0.4, -0.2) is 26.9 Å². The fourth-order valence-electron chi connectivity index (χ4n) is 3.76. The molecule has 0 fully saturated rings. The Morgan fingerprint density at radius 3 is 2.74 bits per heavy atom. The van der Waals surface area contributed by atoms with Crippen molar-refractivity contribution in [1.29, 1.82) is 0 Å². The lowest BCUT2D eigenvalue weighted by Crippen LogP contribution is -2.39. The van der Waals surface area contributed by atoms with Gasteiger partial charge in [0.25, 0.3) is 5.56 Å². The monoisotopic (exact) mass is 436 g/mol. The van der Waals surface area contributed by atoms with Crippen molar-refractivity contribution in [2.24, 2.45) is 0 Å². The van der Waals surface area contributed by atoms with E-state index in [1.165, 1.54) is 22.0 Å². The number of halogens is 1. The molecule has 1 amide bonds. The van der Waals surface area contributed by atoms with Gasteiger partial charge in [-0.05, 0) is 30.2 Å². The lowest BCUT2D eigenvalue weighted by atomic mass is 10.1. The van der Waals surface area contributed by atoms with Crippen LogP contribution in [0.15, 0.2) is 59.7 Å². The number of hydrogen-bond donors (Lipinski definition) is 1. The van der Waals surface area contributed by atoms with Gasteiger partial charge in [0.1, 0.15) is 6.54 Å². The van der Waals surface area contributed by atoms with E-state index in [2.05, 4.69) is 46.4 Å². The minimum Gasteiger partial charge on any atom is -0.350 e. The van der Waals surface area contributed by atoms with Crippen molar-refractivity contribution in [2.45, 2.75) is 39.5 Å². The van der Waals surface area contributed by atoms with Gasteiger partial charge in [0, 0.05) is 37.6 Å². The van der Waals surface area contributed by atoms with Crippen molar-refractivity contribution in [1.82, 2.24) is 19.8 Å². The number of carbonyl (C=O) groups excluding carboxylic acids is 1. The summed E-state index contributed by atoms with van der Waals surface area (Å²) in [6.07, 6.45) is 2.22. The van der Waals surface area contributed by atoms with E-state index in [1.54, 1.807) is 12.1 Å². The van der Waals surface area contributed by atoms with Crippen LogP contribution in [0.25, 0.3) is 0 Å². The molecular formula is C24H25ClN4O2. The van der Waals surface area contributed by atoms with Gasteiger partial charge in [-0.3, -0.25) is 19.1 Å². The maximum atomic E-state index is 13.0. The molecular weight excluding hydrogens is 412 g/mol. The maximum Gasteiger partial charge on any atom is 0.258 e. The summed E-state index contributed by atoms with van der Waals surface area (Å²) < 4.78 is 1.39. The summed E-state index contributed by atoms with van der Waals surface area (Å²) in [6, 6.07) is 15.8. The molecule has 0 saturated heterocycles. The number of aromatic nitrogens is 2. The van der Waals surface area contributed by atoms with Gasteiger partial charge in [0.05, 0.1) is 17.6 Å². The number of benzene rings is 2. The van der Waals surface area contributed by atoms with Crippen LogP contribution in [0.1, 0.15) is 27.9 Å². The van der Waals surface area contributed by atoms with Gasteiger partial charge < -0.3 is 5.32 Å². The predicted molar refractivity (Wildman–Crippen MR) is 121 cm³/mol. The van der Waals surface area contributed by atoms with Crippen LogP contribution in [0.4, 0.5) is 0 Å². The SMILES string of the molecule is Cc1ccc(CN2CCc3ncn(CC(=O)NCc4cccc(Cl)c4)c(=O)c3C2)cc1. The Hall–Kier alpha value is -2.96. The average molecular weight is 437 g/mol. The Labute approximate surface area is 186 Å². The standard InChI is InChI=1S/C24H25ClN4O2/c1-17-5-7-18(8-6-17)13-28-10-9-22-21(14-28)24(31)29(16-27-22)15-23(30)26-12-19-3-2-4-20(25)11-19/h2-8,11,16H,9-10,12-15H2,1H3,(H,26,30). The molecule has 1 aliphatic rings. The third-order valence-corrected chi connectivity index (χ3v) is 5.72. The van der Waals surface area contributed by atoms with E-state index < -0.39 is 0 Å². The molecule has 7 heteroatoms. The first-order valence-electron chi connectivity index (χ1n) is 10.3. The van der Waals surface area contributed by atoms with Gasteiger partial charge in [-0.1, -0.05) is 53.6 Å². The van der Waals surface area contributed by atoms with Gasteiger partial charge in [-0.25, -0.2) is 4.98 Å². The molecule has 0 bridgehead atoms. The molecule has 2 heterocycles. The average Bonchev–Trinajstić information content (AvgIpc) is 2.76. The minimum absolute atomic E-state index is 0.0579. The van der Waals surface area contributed by atoms with E-state index in [-0.39, 0.29) is 18.0 Å². The number of nitrogens with zero attached hydrogens (tertiary/aromatic N) is 3. The highest BCUT2D eigenvalue weighted by Crippen LogP contribution is 2.16. The zero-order valence-corrected chi connectivity index (χ0v) is 18.2. The van der Waals surface area contributed by atoms with Crippen LogP contribution < -0.4 is 10.9 Å². The molecule has 31 heavy (non-hydrogen) atoms. The van der Waals surface area contributed by atoms with Gasteiger partial charge >= 0.3 is 0 Å². The summed E-state index contributed by atoms with van der Waals surface area (Å²) in [5.74, 6) is -0.240. The van der Waals surface area contributed by atoms with Gasteiger partial charge in [-0.2, -0.15) is 0 Å². The number of rotatable bonds is 6. The number of carbonyl (C=O) groups is 1. The lowest BCUT2D eigenvalue weighted by Gasteiger charge is -2.28. The molecule has 1 aliphatic heterocycles. The molecule has 1 N–H and O–H groups in total. The van der Waals surface area contributed by atoms with E-state index in [0.717, 1.165) is 30.8 Å². The Morgan fingerprint density at radius 1 is 1.16 bits per heavy atom. The smallest absolute Gasteiger partial charge is 0.258 e. The van der Waals surface area contributed by atoms with E-state index >= 15 is 0 Å². The second-order valence-corrected chi connectivity index (χ2v) is 8.39. The van der Waals surface area contributed by atoms with Crippen molar-refractivity contribution in [2.75, 3.05) is 6.54 Å². The molecule has 1 aromatic heterocycles. The number of hydrogen-bond acceptors (Lipinski definition) is 4. The van der Waals surface area contributed by atoms with Gasteiger partial charge in [-0.15, -0.1) is 0 Å². The van der Waals surface area contributed by atoms with E-state index in [9.17, 15) is 9.59 Å². The van der Waals surface area contributed by atoms with Crippen molar-refractivity contribution < 1.29 is 4.79 Å². The van der Waals surface area contributed by atoms with Crippen LogP contribution in [0.5, 0.6) is 0 Å². The highest BCUT2D eigenvalue weighted by molar-refractivity contribution is 6.30. The Bertz CT molecular complexity index is 1140. The fourth-order valence-corrected chi connectivity index (χ4v) is 3.98. The van der Waals surface area contributed by atoms with E-state index in [1.807, 2.05) is 12.1 Å². The Kier molecular flexibility index (Phi) is 6.49. The zero-order valence-electron chi connectivity index (χ0n) is 17.5. The van der Waals surface area contributed by atoms with E-state index in [0.29, 0.717) is 23.7 Å². The second kappa shape index (κ2) is 9.45. The molecule has 2 aromatic carbocycles. The first kappa shape index (κ1) is 21.3. The maximum absolute atomic E-state index is 13.0. The molecule has 160 valence electrons. The quantitative estimate of drug-likeness (QED) is 0.644. The highest BCUT2D eigenvalue weighted by Gasteiger charge is 2.22. The zero-order chi connectivity index (χ0) is 21.8. The molecule has 0 atom stereocenters. The van der Waals surface area contributed by atoms with Gasteiger partial charge in [0.2, 0.25) is 5.91 Å². The summed E-state index contributed by atoms with van der Waals surface area (Å²) in [6.45, 7) is 4.56. The molecule has 3 aromatic rings. The summed E-state index contributed by atoms with van der Waals surface area (Å²) in [7, 11) is 0. The van der Waals surface area contributed by atoms with Crippen LogP contribution in [0.3, 0.4) is 0 Å². The van der Waals surface area contributed by atoms with Crippen LogP contribution in [0, 0.1) is 6.92 Å². The molecule has 0 radical (unpaired) electrons. The van der Waals surface area contributed by atoms with Crippen molar-refractivity contribution in [3.8, 4) is 0 Å². The van der Waals surface area contributed by atoms with Crippen LogP contribution in [-0.2, 0) is 37.4 Å².